The lowest BCUT2D eigenvalue weighted by atomic mass is 10.0. The number of benzene rings is 1. The van der Waals surface area contributed by atoms with E-state index in [-0.39, 0.29) is 36.1 Å². The molecule has 0 radical (unpaired) electrons. The van der Waals surface area contributed by atoms with Crippen LogP contribution in [0.3, 0.4) is 0 Å². The highest BCUT2D eigenvalue weighted by atomic mass is 35.5. The van der Waals surface area contributed by atoms with Crippen LogP contribution in [0, 0.1) is 0 Å². The van der Waals surface area contributed by atoms with E-state index < -0.39 is 0 Å². The van der Waals surface area contributed by atoms with Crippen molar-refractivity contribution in [3.05, 3.63) is 24.3 Å². The summed E-state index contributed by atoms with van der Waals surface area (Å²) in [6.45, 7) is 8.46. The van der Waals surface area contributed by atoms with E-state index in [1.54, 1.807) is 0 Å². The Hall–Kier alpha value is -1.66. The lowest BCUT2D eigenvalue weighted by Gasteiger charge is -2.39. The molecule has 6 nitrogen and oxygen atoms in total. The fraction of sp³-hybridized carbons (Fsp3) is 0.650. The molecule has 3 heterocycles. The van der Waals surface area contributed by atoms with E-state index in [2.05, 4.69) is 23.6 Å². The van der Waals surface area contributed by atoms with E-state index in [4.69, 9.17) is 9.47 Å². The van der Waals surface area contributed by atoms with Crippen LogP contribution in [0.15, 0.2) is 24.3 Å². The van der Waals surface area contributed by atoms with Gasteiger partial charge in [-0.2, -0.15) is 0 Å². The zero-order valence-electron chi connectivity index (χ0n) is 16.4. The molecule has 4 rings (SSSR count). The quantitative estimate of drug-likeness (QED) is 0.789. The fourth-order valence-electron chi connectivity index (χ4n) is 4.22. The number of amides is 2. The van der Waals surface area contributed by atoms with Gasteiger partial charge >= 0.3 is 6.03 Å². The molecule has 0 N–H and O–H groups in total. The minimum atomic E-state index is -0.0939. The first-order valence-electron chi connectivity index (χ1n) is 9.59. The van der Waals surface area contributed by atoms with Crippen LogP contribution in [0.5, 0.6) is 11.5 Å². The van der Waals surface area contributed by atoms with E-state index in [0.29, 0.717) is 6.61 Å². The Labute approximate surface area is 167 Å². The summed E-state index contributed by atoms with van der Waals surface area (Å²) in [7, 11) is 1.91. The number of hydrogen-bond acceptors (Lipinski definition) is 4. The SMILES string of the molecule is CN1C(=O)N(C2CCCN(CC3COc4ccccc4O3)C2)CC1(C)C.Cl. The van der Waals surface area contributed by atoms with Gasteiger partial charge < -0.3 is 19.3 Å². The molecule has 1 aromatic rings. The number of hydrogen-bond donors (Lipinski definition) is 0. The molecular formula is C20H30ClN3O3. The monoisotopic (exact) mass is 395 g/mol. The summed E-state index contributed by atoms with van der Waals surface area (Å²) in [6, 6.07) is 8.29. The van der Waals surface area contributed by atoms with Crippen LogP contribution in [0.25, 0.3) is 0 Å². The number of nitrogens with zero attached hydrogens (tertiary/aromatic N) is 3. The van der Waals surface area contributed by atoms with Crippen molar-refractivity contribution >= 4 is 18.4 Å². The van der Waals surface area contributed by atoms with Gasteiger partial charge in [-0.25, -0.2) is 4.79 Å². The smallest absolute Gasteiger partial charge is 0.320 e. The van der Waals surface area contributed by atoms with Crippen LogP contribution in [-0.2, 0) is 0 Å². The average Bonchev–Trinajstić information content (AvgIpc) is 2.85. The molecule has 1 aromatic carbocycles. The summed E-state index contributed by atoms with van der Waals surface area (Å²) in [6.07, 6.45) is 2.23. The molecule has 2 fully saturated rings. The lowest BCUT2D eigenvalue weighted by Crippen LogP contribution is -2.52. The maximum Gasteiger partial charge on any atom is 0.320 e. The molecule has 2 saturated heterocycles. The molecule has 27 heavy (non-hydrogen) atoms. The van der Waals surface area contributed by atoms with Crippen LogP contribution in [0.4, 0.5) is 4.79 Å². The van der Waals surface area contributed by atoms with Crippen molar-refractivity contribution in [1.29, 1.82) is 0 Å². The number of ether oxygens (including phenoxy) is 2. The van der Waals surface area contributed by atoms with Gasteiger partial charge in [-0.3, -0.25) is 4.90 Å². The molecule has 2 atom stereocenters. The minimum Gasteiger partial charge on any atom is -0.486 e. The molecule has 3 aliphatic rings. The number of urea groups is 1. The highest BCUT2D eigenvalue weighted by Gasteiger charge is 2.44. The van der Waals surface area contributed by atoms with Gasteiger partial charge in [0.1, 0.15) is 12.7 Å². The Morgan fingerprint density at radius 2 is 1.96 bits per heavy atom. The summed E-state index contributed by atoms with van der Waals surface area (Å²) in [5.74, 6) is 1.66. The molecule has 2 unspecified atom stereocenters. The van der Waals surface area contributed by atoms with Crippen molar-refractivity contribution < 1.29 is 14.3 Å². The van der Waals surface area contributed by atoms with Gasteiger partial charge in [0.2, 0.25) is 0 Å². The molecule has 150 valence electrons. The largest absolute Gasteiger partial charge is 0.486 e. The fourth-order valence-corrected chi connectivity index (χ4v) is 4.22. The van der Waals surface area contributed by atoms with Gasteiger partial charge in [0.05, 0.1) is 5.54 Å². The number of rotatable bonds is 3. The molecule has 0 spiro atoms. The highest BCUT2D eigenvalue weighted by Crippen LogP contribution is 2.32. The van der Waals surface area contributed by atoms with Gasteiger partial charge in [0.25, 0.3) is 0 Å². The average molecular weight is 396 g/mol. The number of carbonyl (C=O) groups excluding carboxylic acids is 1. The summed E-state index contributed by atoms with van der Waals surface area (Å²) >= 11 is 0. The molecule has 0 bridgehead atoms. The predicted octanol–water partition coefficient (Wildman–Crippen LogP) is 2.86. The molecule has 3 aliphatic heterocycles. The lowest BCUT2D eigenvalue weighted by molar-refractivity contribution is 0.0397. The number of carbonyl (C=O) groups is 1. The molecule has 0 aromatic heterocycles. The zero-order chi connectivity index (χ0) is 18.3. The summed E-state index contributed by atoms with van der Waals surface area (Å²) in [5, 5.41) is 0. The van der Waals surface area contributed by atoms with Gasteiger partial charge in [0.15, 0.2) is 11.5 Å². The van der Waals surface area contributed by atoms with Crippen molar-refractivity contribution in [2.75, 3.05) is 39.8 Å². The first-order valence-corrected chi connectivity index (χ1v) is 9.59. The Kier molecular flexibility index (Phi) is 5.77. The Morgan fingerprint density at radius 3 is 2.67 bits per heavy atom. The Morgan fingerprint density at radius 1 is 1.22 bits per heavy atom. The number of para-hydroxylation sites is 2. The second-order valence-electron chi connectivity index (χ2n) is 8.34. The van der Waals surface area contributed by atoms with Crippen molar-refractivity contribution in [3.8, 4) is 11.5 Å². The van der Waals surface area contributed by atoms with Crippen LogP contribution < -0.4 is 9.47 Å². The van der Waals surface area contributed by atoms with E-state index >= 15 is 0 Å². The van der Waals surface area contributed by atoms with Crippen LogP contribution in [0.1, 0.15) is 26.7 Å². The molecule has 0 saturated carbocycles. The molecule has 2 amide bonds. The number of likely N-dealkylation sites (N-methyl/N-ethyl adjacent to an activating group) is 1. The van der Waals surface area contributed by atoms with Gasteiger partial charge in [-0.1, -0.05) is 12.1 Å². The summed E-state index contributed by atoms with van der Waals surface area (Å²) in [5.41, 5.74) is -0.0939. The van der Waals surface area contributed by atoms with Gasteiger partial charge in [-0.15, -0.1) is 12.4 Å². The minimum absolute atomic E-state index is 0. The van der Waals surface area contributed by atoms with E-state index in [0.717, 1.165) is 50.5 Å². The number of likely N-dealkylation sites (tertiary alicyclic amines) is 1. The van der Waals surface area contributed by atoms with E-state index in [9.17, 15) is 4.79 Å². The molecule has 0 aliphatic carbocycles. The van der Waals surface area contributed by atoms with Crippen molar-refractivity contribution in [2.45, 2.75) is 44.4 Å². The predicted molar refractivity (Wildman–Crippen MR) is 107 cm³/mol. The second kappa shape index (κ2) is 7.76. The first kappa shape index (κ1) is 20.1. The van der Waals surface area contributed by atoms with Gasteiger partial charge in [0, 0.05) is 32.7 Å². The molecule has 7 heteroatoms. The maximum absolute atomic E-state index is 12.6. The third-order valence-electron chi connectivity index (χ3n) is 5.95. The van der Waals surface area contributed by atoms with Crippen molar-refractivity contribution in [3.63, 3.8) is 0 Å². The van der Waals surface area contributed by atoms with Crippen molar-refractivity contribution in [1.82, 2.24) is 14.7 Å². The van der Waals surface area contributed by atoms with Crippen molar-refractivity contribution in [2.24, 2.45) is 0 Å². The standard InChI is InChI=1S/C20H29N3O3.ClH/c1-20(2)14-23(19(24)21(20)3)15-7-6-10-22(11-15)12-16-13-25-17-8-4-5-9-18(17)26-16;/h4-5,8-9,15-16H,6-7,10-14H2,1-3H3;1H. The highest BCUT2D eigenvalue weighted by molar-refractivity contribution is 5.85. The Bertz CT molecular complexity index is 684. The van der Waals surface area contributed by atoms with E-state index in [1.807, 2.05) is 36.2 Å². The summed E-state index contributed by atoms with van der Waals surface area (Å²) < 4.78 is 12.0. The first-order chi connectivity index (χ1) is 12.4. The third kappa shape index (κ3) is 3.97. The van der Waals surface area contributed by atoms with Gasteiger partial charge in [-0.05, 0) is 45.4 Å². The van der Waals surface area contributed by atoms with Crippen LogP contribution >= 0.6 is 12.4 Å². The zero-order valence-corrected chi connectivity index (χ0v) is 17.2. The number of fused-ring (bicyclic) bond motifs is 1. The van der Waals surface area contributed by atoms with Crippen LogP contribution in [0.2, 0.25) is 0 Å². The molecular weight excluding hydrogens is 366 g/mol. The summed E-state index contributed by atoms with van der Waals surface area (Å²) in [4.78, 5) is 19.0. The number of piperidine rings is 1. The maximum atomic E-state index is 12.6. The van der Waals surface area contributed by atoms with E-state index in [1.165, 1.54) is 0 Å². The number of halogens is 1. The third-order valence-corrected chi connectivity index (χ3v) is 5.95. The van der Waals surface area contributed by atoms with Crippen LogP contribution in [-0.4, -0.2) is 78.2 Å². The second-order valence-corrected chi connectivity index (χ2v) is 8.34. The normalized spacial score (nSPS) is 27.4. The topological polar surface area (TPSA) is 45.3 Å². The Balaban J connectivity index is 0.00000210.